The normalized spacial score (nSPS) is 26.1. The number of amides is 3. The molecule has 3 heterocycles. The number of hydrogen-bond acceptors (Lipinski definition) is 5. The van der Waals surface area contributed by atoms with Gasteiger partial charge >= 0.3 is 0 Å². The quantitative estimate of drug-likeness (QED) is 0.301. The minimum absolute atomic E-state index is 0.0231. The average Bonchev–Trinajstić information content (AvgIpc) is 3.62. The Labute approximate surface area is 245 Å². The number of likely N-dealkylation sites (tertiary alicyclic amines) is 1. The second-order valence-electron chi connectivity index (χ2n) is 10.8. The lowest BCUT2D eigenvalue weighted by molar-refractivity contribution is -0.140. The van der Waals surface area contributed by atoms with Gasteiger partial charge in [0.1, 0.15) is 11.6 Å². The third kappa shape index (κ3) is 4.98. The Hall–Kier alpha value is -3.46. The predicted molar refractivity (Wildman–Crippen MR) is 159 cm³/mol. The van der Waals surface area contributed by atoms with E-state index in [0.717, 1.165) is 0 Å². The Morgan fingerprint density at radius 2 is 1.71 bits per heavy atom. The van der Waals surface area contributed by atoms with Crippen LogP contribution in [0, 0.1) is 11.8 Å². The number of nitrogens with zero attached hydrogens (tertiary/aromatic N) is 3. The van der Waals surface area contributed by atoms with E-state index in [4.69, 9.17) is 16.3 Å². The van der Waals surface area contributed by atoms with E-state index in [2.05, 4.69) is 13.2 Å². The van der Waals surface area contributed by atoms with Crippen molar-refractivity contribution >= 4 is 40.7 Å². The van der Waals surface area contributed by atoms with Gasteiger partial charge in [0.05, 0.1) is 28.6 Å². The van der Waals surface area contributed by atoms with Crippen molar-refractivity contribution in [2.75, 3.05) is 36.0 Å². The van der Waals surface area contributed by atoms with Gasteiger partial charge in [-0.25, -0.2) is 0 Å². The molecule has 5 atom stereocenters. The maximum Gasteiger partial charge on any atom is 0.253 e. The molecule has 2 aromatic carbocycles. The molecular formula is C32H36ClN3O5. The van der Waals surface area contributed by atoms with E-state index in [1.807, 2.05) is 30.3 Å². The lowest BCUT2D eigenvalue weighted by atomic mass is 9.70. The highest BCUT2D eigenvalue weighted by atomic mass is 35.5. The summed E-state index contributed by atoms with van der Waals surface area (Å²) in [5.74, 6) is -2.32. The first kappa shape index (κ1) is 29.0. The summed E-state index contributed by atoms with van der Waals surface area (Å²) in [6, 6.07) is 15.4. The monoisotopic (exact) mass is 577 g/mol. The summed E-state index contributed by atoms with van der Waals surface area (Å²) in [6.45, 7) is 8.38. The summed E-state index contributed by atoms with van der Waals surface area (Å²) in [5.41, 5.74) is 0.0846. The van der Waals surface area contributed by atoms with E-state index in [1.165, 1.54) is 0 Å². The Kier molecular flexibility index (Phi) is 8.63. The minimum Gasteiger partial charge on any atom is -0.396 e. The number of anilines is 2. The van der Waals surface area contributed by atoms with E-state index < -0.39 is 29.6 Å². The number of carbonyl (C=O) groups is 3. The first-order valence-electron chi connectivity index (χ1n) is 14.1. The second kappa shape index (κ2) is 12.2. The number of para-hydroxylation sites is 2. The van der Waals surface area contributed by atoms with Crippen LogP contribution in [0.2, 0.25) is 5.02 Å². The van der Waals surface area contributed by atoms with Crippen molar-refractivity contribution in [2.24, 2.45) is 11.8 Å². The van der Waals surface area contributed by atoms with Gasteiger partial charge in [0.15, 0.2) is 0 Å². The number of fused-ring (bicyclic) bond motifs is 1. The highest BCUT2D eigenvalue weighted by molar-refractivity contribution is 6.34. The number of halogens is 1. The summed E-state index contributed by atoms with van der Waals surface area (Å²) in [5, 5.41) is 9.83. The SMILES string of the molecule is C=CCN(C(=O)[C@@H]1[C@H]2C(=O)N(CCCCO)C(C(=O)N(CC=C)c3ccccc3Cl)C23CC[C@H]1O3)c1ccccc1. The van der Waals surface area contributed by atoms with Gasteiger partial charge in [-0.2, -0.15) is 0 Å². The van der Waals surface area contributed by atoms with Crippen molar-refractivity contribution in [3.8, 4) is 0 Å². The summed E-state index contributed by atoms with van der Waals surface area (Å²) in [4.78, 5) is 47.8. The van der Waals surface area contributed by atoms with Crippen LogP contribution >= 0.6 is 11.6 Å². The molecule has 9 heteroatoms. The van der Waals surface area contributed by atoms with Crippen LogP contribution in [0.15, 0.2) is 79.9 Å². The fourth-order valence-corrected chi connectivity index (χ4v) is 7.08. The number of benzene rings is 2. The second-order valence-corrected chi connectivity index (χ2v) is 11.2. The third-order valence-electron chi connectivity index (χ3n) is 8.49. The minimum atomic E-state index is -1.14. The van der Waals surface area contributed by atoms with Gasteiger partial charge in [-0.3, -0.25) is 14.4 Å². The van der Waals surface area contributed by atoms with Crippen molar-refractivity contribution in [3.05, 3.63) is 84.9 Å². The van der Waals surface area contributed by atoms with Crippen molar-refractivity contribution in [2.45, 2.75) is 43.4 Å². The average molecular weight is 578 g/mol. The number of carbonyl (C=O) groups excluding carboxylic acids is 3. The van der Waals surface area contributed by atoms with Crippen LogP contribution in [0.5, 0.6) is 0 Å². The number of aliphatic hydroxyl groups is 1. The molecule has 3 saturated heterocycles. The van der Waals surface area contributed by atoms with Crippen LogP contribution in [0.3, 0.4) is 0 Å². The highest BCUT2D eigenvalue weighted by Crippen LogP contribution is 2.59. The van der Waals surface area contributed by atoms with Gasteiger partial charge < -0.3 is 24.5 Å². The molecule has 5 rings (SSSR count). The highest BCUT2D eigenvalue weighted by Gasteiger charge is 2.75. The van der Waals surface area contributed by atoms with Gasteiger partial charge in [-0.05, 0) is 49.9 Å². The number of unbranched alkanes of at least 4 members (excludes halogenated alkanes) is 1. The van der Waals surface area contributed by atoms with Crippen LogP contribution in [0.4, 0.5) is 11.4 Å². The smallest absolute Gasteiger partial charge is 0.253 e. The van der Waals surface area contributed by atoms with Crippen LogP contribution in [-0.2, 0) is 19.1 Å². The zero-order chi connectivity index (χ0) is 29.1. The third-order valence-corrected chi connectivity index (χ3v) is 8.81. The molecule has 8 nitrogen and oxygen atoms in total. The van der Waals surface area contributed by atoms with Crippen molar-refractivity contribution < 1.29 is 24.2 Å². The summed E-state index contributed by atoms with van der Waals surface area (Å²) in [7, 11) is 0. The van der Waals surface area contributed by atoms with Gasteiger partial charge in [0.25, 0.3) is 5.91 Å². The fourth-order valence-electron chi connectivity index (χ4n) is 6.84. The van der Waals surface area contributed by atoms with Crippen LogP contribution in [-0.4, -0.2) is 71.7 Å². The molecule has 0 saturated carbocycles. The van der Waals surface area contributed by atoms with Crippen LogP contribution in [0.25, 0.3) is 0 Å². The molecule has 3 aliphatic heterocycles. The van der Waals surface area contributed by atoms with E-state index in [-0.39, 0.29) is 44.0 Å². The maximum absolute atomic E-state index is 14.5. The predicted octanol–water partition coefficient (Wildman–Crippen LogP) is 4.23. The molecule has 0 aromatic heterocycles. The summed E-state index contributed by atoms with van der Waals surface area (Å²) in [6.07, 6.45) is 4.86. The zero-order valence-corrected chi connectivity index (χ0v) is 23.8. The molecule has 1 spiro atoms. The number of ether oxygens (including phenoxy) is 1. The van der Waals surface area contributed by atoms with Crippen LogP contribution in [0.1, 0.15) is 25.7 Å². The lowest BCUT2D eigenvalue weighted by Crippen LogP contribution is -2.56. The molecule has 0 radical (unpaired) electrons. The zero-order valence-electron chi connectivity index (χ0n) is 23.0. The molecule has 1 N–H and O–H groups in total. The standard InChI is InChI=1S/C32H36ClN3O5/c1-3-18-34(22-12-6-5-7-13-22)29(38)26-25-16-17-32(41-25)27(26)30(39)36(20-10-11-21-37)28(32)31(40)35(19-4-2)24-15-9-8-14-23(24)33/h3-9,12-15,25-28,37H,1-2,10-11,16-21H2/t25-,26+,27+,28?,32?/m1/s1. The Bertz CT molecular complexity index is 1320. The number of rotatable bonds is 12. The molecule has 3 fully saturated rings. The Morgan fingerprint density at radius 1 is 1.02 bits per heavy atom. The Balaban J connectivity index is 1.55. The molecule has 2 unspecified atom stereocenters. The molecule has 2 bridgehead atoms. The fraction of sp³-hybridized carbons (Fsp3) is 0.406. The molecule has 2 aromatic rings. The van der Waals surface area contributed by atoms with E-state index in [0.29, 0.717) is 42.1 Å². The van der Waals surface area contributed by atoms with Gasteiger partial charge in [0, 0.05) is 31.9 Å². The van der Waals surface area contributed by atoms with E-state index >= 15 is 0 Å². The number of aliphatic hydroxyl groups excluding tert-OH is 1. The molecule has 0 aliphatic carbocycles. The van der Waals surface area contributed by atoms with Crippen molar-refractivity contribution in [3.63, 3.8) is 0 Å². The first-order valence-corrected chi connectivity index (χ1v) is 14.5. The van der Waals surface area contributed by atoms with Crippen LogP contribution < -0.4 is 9.80 Å². The summed E-state index contributed by atoms with van der Waals surface area (Å²) >= 11 is 6.52. The molecule has 216 valence electrons. The molecule has 3 amide bonds. The van der Waals surface area contributed by atoms with E-state index in [1.54, 1.807) is 51.1 Å². The topological polar surface area (TPSA) is 90.4 Å². The number of hydrogen-bond donors (Lipinski definition) is 1. The van der Waals surface area contributed by atoms with E-state index in [9.17, 15) is 19.5 Å². The maximum atomic E-state index is 14.5. The van der Waals surface area contributed by atoms with Crippen molar-refractivity contribution in [1.82, 2.24) is 4.90 Å². The molecule has 41 heavy (non-hydrogen) atoms. The largest absolute Gasteiger partial charge is 0.396 e. The van der Waals surface area contributed by atoms with Gasteiger partial charge in [0.2, 0.25) is 11.8 Å². The molecular weight excluding hydrogens is 542 g/mol. The lowest BCUT2D eigenvalue weighted by Gasteiger charge is -2.37. The van der Waals surface area contributed by atoms with Gasteiger partial charge in [-0.15, -0.1) is 13.2 Å². The summed E-state index contributed by atoms with van der Waals surface area (Å²) < 4.78 is 6.63. The van der Waals surface area contributed by atoms with Gasteiger partial charge in [-0.1, -0.05) is 54.1 Å². The van der Waals surface area contributed by atoms with Crippen molar-refractivity contribution in [1.29, 1.82) is 0 Å². The molecule has 3 aliphatic rings. The first-order chi connectivity index (χ1) is 19.9. The Morgan fingerprint density at radius 3 is 2.39 bits per heavy atom.